The maximum atomic E-state index is 15.0. The van der Waals surface area contributed by atoms with Crippen LogP contribution in [0.1, 0.15) is 37.0 Å². The predicted octanol–water partition coefficient (Wildman–Crippen LogP) is 4.64. The molecule has 5 rings (SSSR count). The number of carbonyl (C=O) groups is 1. The third-order valence-corrected chi connectivity index (χ3v) is 6.87. The second kappa shape index (κ2) is 8.12. The number of likely N-dealkylation sites (N-methyl/N-ethyl adjacent to an activating group) is 1. The lowest BCUT2D eigenvalue weighted by Gasteiger charge is -2.34. The molecule has 0 saturated carbocycles. The highest BCUT2D eigenvalue weighted by atomic mass is 19.1. The molecule has 1 unspecified atom stereocenters. The number of hydrogen-bond donors (Lipinski definition) is 1. The minimum Gasteiger partial charge on any atom is -0.497 e. The number of guanidine groups is 1. The standard InChI is InChI=1S/C28H28FN3O3/c1-27(2)13-12-18-14-19(9-11-24(18)35-27)28(25(33)32(3)26(30)31-28)20-8-10-23(29)22(16-20)17-6-5-7-21(15-17)34-4/h5-11,14-16H,12-13H2,1-4H3,(H2,30,31). The third-order valence-electron chi connectivity index (χ3n) is 6.87. The van der Waals surface area contributed by atoms with E-state index in [1.54, 1.807) is 50.6 Å². The number of aliphatic imine (C=N–C) groups is 1. The summed E-state index contributed by atoms with van der Waals surface area (Å²) in [5.41, 5.74) is 7.66. The molecule has 0 bridgehead atoms. The van der Waals surface area contributed by atoms with Gasteiger partial charge in [0.2, 0.25) is 0 Å². The molecule has 1 atom stereocenters. The number of nitrogens with zero attached hydrogens (tertiary/aromatic N) is 2. The quantitative estimate of drug-likeness (QED) is 0.599. The average Bonchev–Trinajstić information content (AvgIpc) is 3.08. The number of rotatable bonds is 4. The van der Waals surface area contributed by atoms with Crippen molar-refractivity contribution < 1.29 is 18.7 Å². The van der Waals surface area contributed by atoms with Crippen LogP contribution in [-0.2, 0) is 16.8 Å². The van der Waals surface area contributed by atoms with E-state index >= 15 is 4.39 Å². The lowest BCUT2D eigenvalue weighted by atomic mass is 9.80. The van der Waals surface area contributed by atoms with Crippen LogP contribution in [0.4, 0.5) is 4.39 Å². The molecule has 0 spiro atoms. The van der Waals surface area contributed by atoms with E-state index in [0.717, 1.165) is 24.2 Å². The first-order valence-electron chi connectivity index (χ1n) is 11.5. The highest BCUT2D eigenvalue weighted by molar-refractivity contribution is 6.09. The van der Waals surface area contributed by atoms with Gasteiger partial charge >= 0.3 is 0 Å². The van der Waals surface area contributed by atoms with Gasteiger partial charge in [0.05, 0.1) is 7.11 Å². The highest BCUT2D eigenvalue weighted by Crippen LogP contribution is 2.44. The van der Waals surface area contributed by atoms with Gasteiger partial charge in [0.1, 0.15) is 22.9 Å². The average molecular weight is 474 g/mol. The van der Waals surface area contributed by atoms with Crippen molar-refractivity contribution in [3.63, 3.8) is 0 Å². The predicted molar refractivity (Wildman–Crippen MR) is 133 cm³/mol. The molecule has 2 aliphatic heterocycles. The monoisotopic (exact) mass is 473 g/mol. The summed E-state index contributed by atoms with van der Waals surface area (Å²) in [4.78, 5) is 19.8. The van der Waals surface area contributed by atoms with Crippen molar-refractivity contribution in [3.05, 3.63) is 83.2 Å². The van der Waals surface area contributed by atoms with Crippen LogP contribution in [0.15, 0.2) is 65.7 Å². The smallest absolute Gasteiger partial charge is 0.266 e. The molecule has 3 aromatic rings. The molecule has 0 radical (unpaired) electrons. The Hall–Kier alpha value is -3.87. The van der Waals surface area contributed by atoms with Crippen LogP contribution >= 0.6 is 0 Å². The molecule has 3 aromatic carbocycles. The maximum absolute atomic E-state index is 15.0. The van der Waals surface area contributed by atoms with E-state index in [1.165, 1.54) is 11.0 Å². The third kappa shape index (κ3) is 3.71. The van der Waals surface area contributed by atoms with Crippen molar-refractivity contribution in [3.8, 4) is 22.6 Å². The van der Waals surface area contributed by atoms with Crippen molar-refractivity contribution >= 4 is 11.9 Å². The van der Waals surface area contributed by atoms with Gasteiger partial charge in [-0.1, -0.05) is 24.3 Å². The van der Waals surface area contributed by atoms with Crippen molar-refractivity contribution in [1.29, 1.82) is 0 Å². The van der Waals surface area contributed by atoms with Crippen molar-refractivity contribution in [2.24, 2.45) is 10.7 Å². The van der Waals surface area contributed by atoms with Crippen LogP contribution < -0.4 is 15.2 Å². The van der Waals surface area contributed by atoms with Gasteiger partial charge < -0.3 is 15.2 Å². The zero-order valence-corrected chi connectivity index (χ0v) is 20.3. The fraction of sp³-hybridized carbons (Fsp3) is 0.286. The van der Waals surface area contributed by atoms with E-state index in [9.17, 15) is 4.79 Å². The van der Waals surface area contributed by atoms with Crippen LogP contribution in [0.3, 0.4) is 0 Å². The van der Waals surface area contributed by atoms with Crippen molar-refractivity contribution in [2.45, 2.75) is 37.8 Å². The van der Waals surface area contributed by atoms with E-state index < -0.39 is 11.4 Å². The van der Waals surface area contributed by atoms with Gasteiger partial charge in [0.15, 0.2) is 11.5 Å². The normalized spacial score (nSPS) is 20.8. The molecule has 0 aromatic heterocycles. The molecule has 0 fully saturated rings. The lowest BCUT2D eigenvalue weighted by molar-refractivity contribution is -0.129. The first-order valence-corrected chi connectivity index (χ1v) is 11.5. The Morgan fingerprint density at radius 3 is 2.54 bits per heavy atom. The van der Waals surface area contributed by atoms with Crippen LogP contribution in [-0.4, -0.2) is 36.5 Å². The number of carbonyl (C=O) groups excluding carboxylic acids is 1. The Balaban J connectivity index is 1.69. The van der Waals surface area contributed by atoms with Crippen molar-refractivity contribution in [1.82, 2.24) is 4.90 Å². The van der Waals surface area contributed by atoms with Crippen molar-refractivity contribution in [2.75, 3.05) is 14.2 Å². The lowest BCUT2D eigenvalue weighted by Crippen LogP contribution is -2.41. The first kappa shape index (κ1) is 22.9. The Bertz CT molecular complexity index is 1370. The van der Waals surface area contributed by atoms with Crippen LogP contribution in [0.5, 0.6) is 11.5 Å². The summed E-state index contributed by atoms with van der Waals surface area (Å²) in [6.45, 7) is 4.12. The van der Waals surface area contributed by atoms with Gasteiger partial charge in [0, 0.05) is 12.6 Å². The molecule has 6 nitrogen and oxygen atoms in total. The molecule has 2 N–H and O–H groups in total. The number of benzene rings is 3. The zero-order chi connectivity index (χ0) is 25.0. The van der Waals surface area contributed by atoms with E-state index in [-0.39, 0.29) is 17.5 Å². The number of ether oxygens (including phenoxy) is 2. The first-order chi connectivity index (χ1) is 16.6. The Kier molecular flexibility index (Phi) is 5.31. The molecule has 0 aliphatic carbocycles. The summed E-state index contributed by atoms with van der Waals surface area (Å²) >= 11 is 0. The fourth-order valence-corrected chi connectivity index (χ4v) is 4.83. The van der Waals surface area contributed by atoms with Crippen LogP contribution in [0.25, 0.3) is 11.1 Å². The summed E-state index contributed by atoms with van der Waals surface area (Å²) in [7, 11) is 3.16. The molecular formula is C28H28FN3O3. The second-order valence-corrected chi connectivity index (χ2v) is 9.66. The van der Waals surface area contributed by atoms with Crippen LogP contribution in [0.2, 0.25) is 0 Å². The number of amides is 1. The van der Waals surface area contributed by atoms with E-state index in [0.29, 0.717) is 28.0 Å². The molecule has 35 heavy (non-hydrogen) atoms. The molecule has 2 heterocycles. The number of nitrogens with two attached hydrogens (primary N) is 1. The number of halogens is 1. The maximum Gasteiger partial charge on any atom is 0.266 e. The molecule has 1 amide bonds. The largest absolute Gasteiger partial charge is 0.497 e. The van der Waals surface area contributed by atoms with E-state index in [2.05, 4.69) is 18.8 Å². The Morgan fingerprint density at radius 1 is 1.09 bits per heavy atom. The topological polar surface area (TPSA) is 77.2 Å². The second-order valence-electron chi connectivity index (χ2n) is 9.66. The van der Waals surface area contributed by atoms with Gasteiger partial charge in [-0.05, 0) is 85.3 Å². The van der Waals surface area contributed by atoms with Gasteiger partial charge in [-0.2, -0.15) is 0 Å². The minimum absolute atomic E-state index is 0.109. The number of fused-ring (bicyclic) bond motifs is 1. The number of aryl methyl sites for hydroxylation is 1. The summed E-state index contributed by atoms with van der Waals surface area (Å²) in [6.07, 6.45) is 1.67. The van der Waals surface area contributed by atoms with Crippen LogP contribution in [0, 0.1) is 5.82 Å². The zero-order valence-electron chi connectivity index (χ0n) is 20.3. The molecule has 0 saturated heterocycles. The Labute approximate surface area is 204 Å². The summed E-state index contributed by atoms with van der Waals surface area (Å²) < 4.78 is 26.5. The molecular weight excluding hydrogens is 445 g/mol. The van der Waals surface area contributed by atoms with E-state index in [1.807, 2.05) is 18.2 Å². The number of methoxy groups -OCH3 is 1. The minimum atomic E-state index is -1.43. The summed E-state index contributed by atoms with van der Waals surface area (Å²) in [5.74, 6) is 0.812. The van der Waals surface area contributed by atoms with Gasteiger partial charge in [-0.15, -0.1) is 0 Å². The highest BCUT2D eigenvalue weighted by Gasteiger charge is 2.50. The SMILES string of the molecule is COc1cccc(-c2cc(C3(c4ccc5c(c4)CCC(C)(C)O5)N=C(N)N(C)C3=O)ccc2F)c1. The molecule has 2 aliphatic rings. The fourth-order valence-electron chi connectivity index (χ4n) is 4.83. The van der Waals surface area contributed by atoms with Gasteiger partial charge in [-0.3, -0.25) is 9.69 Å². The Morgan fingerprint density at radius 2 is 1.83 bits per heavy atom. The van der Waals surface area contributed by atoms with Gasteiger partial charge in [-0.25, -0.2) is 9.38 Å². The van der Waals surface area contributed by atoms with E-state index in [4.69, 9.17) is 15.2 Å². The number of hydrogen-bond acceptors (Lipinski definition) is 5. The summed E-state index contributed by atoms with van der Waals surface area (Å²) in [6, 6.07) is 17.5. The molecule has 180 valence electrons. The summed E-state index contributed by atoms with van der Waals surface area (Å²) in [5, 5.41) is 0. The molecule has 7 heteroatoms. The van der Waals surface area contributed by atoms with Gasteiger partial charge in [0.25, 0.3) is 5.91 Å².